The molecule has 19 heavy (non-hydrogen) atoms. The predicted molar refractivity (Wildman–Crippen MR) is 72.3 cm³/mol. The molecule has 2 aliphatic rings. The second kappa shape index (κ2) is 4.49. The normalized spacial score (nSPS) is 29.6. The molecule has 1 aromatic rings. The lowest BCUT2D eigenvalue weighted by molar-refractivity contribution is -0.384. The van der Waals surface area contributed by atoms with E-state index in [4.69, 9.17) is 0 Å². The first-order valence-electron chi connectivity index (χ1n) is 6.75. The molecule has 1 aromatic carbocycles. The van der Waals surface area contributed by atoms with E-state index in [2.05, 4.69) is 4.90 Å². The van der Waals surface area contributed by atoms with E-state index in [0.29, 0.717) is 5.92 Å². The standard InChI is InChI=1S/C14H18N2O3/c1-9-3-2-4-12(16(18)19)14(9)15-7-10-5-6-13(17)11(10)8-15/h2-4,10-11,13,17H,5-8H2,1H3. The predicted octanol–water partition coefficient (Wildman–Crippen LogP) is 2.11. The Morgan fingerprint density at radius 2 is 2.16 bits per heavy atom. The number of hydrogen-bond donors (Lipinski definition) is 1. The molecule has 5 nitrogen and oxygen atoms in total. The summed E-state index contributed by atoms with van der Waals surface area (Å²) in [6.07, 6.45) is 1.67. The third-order valence-electron chi connectivity index (χ3n) is 4.55. The Hall–Kier alpha value is -1.62. The monoisotopic (exact) mass is 262 g/mol. The molecule has 2 fully saturated rings. The Labute approximate surface area is 112 Å². The molecular formula is C14H18N2O3. The average molecular weight is 262 g/mol. The fourth-order valence-electron chi connectivity index (χ4n) is 3.62. The van der Waals surface area contributed by atoms with Crippen LogP contribution < -0.4 is 4.90 Å². The molecule has 3 atom stereocenters. The van der Waals surface area contributed by atoms with E-state index in [-0.39, 0.29) is 22.6 Å². The van der Waals surface area contributed by atoms with E-state index in [1.54, 1.807) is 12.1 Å². The molecule has 1 saturated carbocycles. The van der Waals surface area contributed by atoms with Gasteiger partial charge in [-0.25, -0.2) is 0 Å². The summed E-state index contributed by atoms with van der Waals surface area (Å²) < 4.78 is 0. The van der Waals surface area contributed by atoms with Crippen molar-refractivity contribution < 1.29 is 10.0 Å². The molecule has 0 spiro atoms. The van der Waals surface area contributed by atoms with Gasteiger partial charge in [-0.1, -0.05) is 12.1 Å². The average Bonchev–Trinajstić information content (AvgIpc) is 2.91. The maximum absolute atomic E-state index is 11.2. The lowest BCUT2D eigenvalue weighted by Crippen LogP contribution is -2.25. The third kappa shape index (κ3) is 1.98. The van der Waals surface area contributed by atoms with Crippen LogP contribution >= 0.6 is 0 Å². The summed E-state index contributed by atoms with van der Waals surface area (Å²) in [7, 11) is 0. The van der Waals surface area contributed by atoms with Gasteiger partial charge in [0.15, 0.2) is 0 Å². The maximum atomic E-state index is 11.2. The van der Waals surface area contributed by atoms with Crippen molar-refractivity contribution in [2.75, 3.05) is 18.0 Å². The lowest BCUT2D eigenvalue weighted by atomic mass is 10.00. The van der Waals surface area contributed by atoms with Crippen LogP contribution in [-0.4, -0.2) is 29.2 Å². The van der Waals surface area contributed by atoms with E-state index in [9.17, 15) is 15.2 Å². The molecule has 1 aliphatic carbocycles. The van der Waals surface area contributed by atoms with Crippen LogP contribution in [0.1, 0.15) is 18.4 Å². The smallest absolute Gasteiger partial charge is 0.292 e. The molecule has 0 amide bonds. The first kappa shape index (κ1) is 12.4. The van der Waals surface area contributed by atoms with Crippen molar-refractivity contribution in [3.63, 3.8) is 0 Å². The molecule has 0 radical (unpaired) electrons. The zero-order valence-electron chi connectivity index (χ0n) is 11.0. The van der Waals surface area contributed by atoms with Gasteiger partial charge >= 0.3 is 0 Å². The number of nitro groups is 1. The molecule has 5 heteroatoms. The van der Waals surface area contributed by atoms with Crippen LogP contribution in [0.15, 0.2) is 18.2 Å². The van der Waals surface area contributed by atoms with Gasteiger partial charge in [-0.15, -0.1) is 0 Å². The molecule has 0 aromatic heterocycles. The number of anilines is 1. The highest BCUT2D eigenvalue weighted by molar-refractivity contribution is 5.68. The number of aryl methyl sites for hydroxylation is 1. The van der Waals surface area contributed by atoms with Gasteiger partial charge in [-0.3, -0.25) is 10.1 Å². The highest BCUT2D eigenvalue weighted by atomic mass is 16.6. The van der Waals surface area contributed by atoms with Gasteiger partial charge in [0, 0.05) is 25.1 Å². The summed E-state index contributed by atoms with van der Waals surface area (Å²) in [6.45, 7) is 3.47. The molecule has 3 unspecified atom stereocenters. The molecule has 102 valence electrons. The highest BCUT2D eigenvalue weighted by Gasteiger charge is 2.43. The van der Waals surface area contributed by atoms with Crippen LogP contribution in [-0.2, 0) is 0 Å². The van der Waals surface area contributed by atoms with Crippen LogP contribution in [0.25, 0.3) is 0 Å². The number of aliphatic hydroxyl groups excluding tert-OH is 1. The molecule has 3 rings (SSSR count). The summed E-state index contributed by atoms with van der Waals surface area (Å²) in [5, 5.41) is 21.1. The zero-order chi connectivity index (χ0) is 13.6. The molecule has 1 aliphatic heterocycles. The number of nitrogens with zero attached hydrogens (tertiary/aromatic N) is 2. The van der Waals surface area contributed by atoms with Crippen molar-refractivity contribution >= 4 is 11.4 Å². The van der Waals surface area contributed by atoms with Gasteiger partial charge in [-0.2, -0.15) is 0 Å². The van der Waals surface area contributed by atoms with Gasteiger partial charge in [-0.05, 0) is 31.2 Å². The molecule has 1 heterocycles. The van der Waals surface area contributed by atoms with Crippen LogP contribution in [0, 0.1) is 28.9 Å². The van der Waals surface area contributed by atoms with Gasteiger partial charge in [0.05, 0.1) is 11.0 Å². The number of fused-ring (bicyclic) bond motifs is 1. The van der Waals surface area contributed by atoms with Crippen LogP contribution in [0.2, 0.25) is 0 Å². The first-order chi connectivity index (χ1) is 9.08. The number of nitro benzene ring substituents is 1. The summed E-state index contributed by atoms with van der Waals surface area (Å²) in [4.78, 5) is 12.9. The minimum absolute atomic E-state index is 0.175. The third-order valence-corrected chi connectivity index (χ3v) is 4.55. The fourth-order valence-corrected chi connectivity index (χ4v) is 3.62. The number of benzene rings is 1. The van der Waals surface area contributed by atoms with E-state index >= 15 is 0 Å². The van der Waals surface area contributed by atoms with Gasteiger partial charge in [0.2, 0.25) is 0 Å². The van der Waals surface area contributed by atoms with Gasteiger partial charge in [0.1, 0.15) is 5.69 Å². The Morgan fingerprint density at radius 1 is 1.37 bits per heavy atom. The Morgan fingerprint density at radius 3 is 2.84 bits per heavy atom. The van der Waals surface area contributed by atoms with E-state index in [0.717, 1.165) is 37.2 Å². The van der Waals surface area contributed by atoms with Crippen LogP contribution in [0.4, 0.5) is 11.4 Å². The summed E-state index contributed by atoms with van der Waals surface area (Å²) in [5.41, 5.74) is 1.84. The van der Waals surface area contributed by atoms with Crippen LogP contribution in [0.5, 0.6) is 0 Å². The van der Waals surface area contributed by atoms with Crippen molar-refractivity contribution in [2.45, 2.75) is 25.9 Å². The zero-order valence-corrected chi connectivity index (χ0v) is 11.0. The van der Waals surface area contributed by atoms with Crippen molar-refractivity contribution in [1.82, 2.24) is 0 Å². The van der Waals surface area contributed by atoms with Crippen molar-refractivity contribution in [3.8, 4) is 0 Å². The van der Waals surface area contributed by atoms with Crippen molar-refractivity contribution in [3.05, 3.63) is 33.9 Å². The number of hydrogen-bond acceptors (Lipinski definition) is 4. The summed E-state index contributed by atoms with van der Waals surface area (Å²) in [6, 6.07) is 5.20. The van der Waals surface area contributed by atoms with Crippen molar-refractivity contribution in [2.24, 2.45) is 11.8 Å². The molecule has 0 bridgehead atoms. The molecule has 1 saturated heterocycles. The topological polar surface area (TPSA) is 66.6 Å². The number of aliphatic hydroxyl groups is 1. The second-order valence-corrected chi connectivity index (χ2v) is 5.67. The lowest BCUT2D eigenvalue weighted by Gasteiger charge is -2.22. The molecule has 1 N–H and O–H groups in total. The largest absolute Gasteiger partial charge is 0.393 e. The first-order valence-corrected chi connectivity index (χ1v) is 6.75. The Kier molecular flexibility index (Phi) is 2.93. The van der Waals surface area contributed by atoms with Gasteiger partial charge in [0.25, 0.3) is 5.69 Å². The summed E-state index contributed by atoms with van der Waals surface area (Å²) >= 11 is 0. The summed E-state index contributed by atoms with van der Waals surface area (Å²) in [5.74, 6) is 0.758. The Bertz CT molecular complexity index is 517. The van der Waals surface area contributed by atoms with Crippen molar-refractivity contribution in [1.29, 1.82) is 0 Å². The van der Waals surface area contributed by atoms with Gasteiger partial charge < -0.3 is 10.0 Å². The van der Waals surface area contributed by atoms with E-state index < -0.39 is 0 Å². The fraction of sp³-hybridized carbons (Fsp3) is 0.571. The minimum Gasteiger partial charge on any atom is -0.393 e. The quantitative estimate of drug-likeness (QED) is 0.654. The maximum Gasteiger partial charge on any atom is 0.292 e. The second-order valence-electron chi connectivity index (χ2n) is 5.67. The van der Waals surface area contributed by atoms with E-state index in [1.165, 1.54) is 0 Å². The van der Waals surface area contributed by atoms with E-state index in [1.807, 2.05) is 13.0 Å². The van der Waals surface area contributed by atoms with Crippen LogP contribution in [0.3, 0.4) is 0 Å². The SMILES string of the molecule is Cc1cccc([N+](=O)[O-])c1N1CC2CCC(O)C2C1. The number of para-hydroxylation sites is 1. The minimum atomic E-state index is -0.313. The number of rotatable bonds is 2. The highest BCUT2D eigenvalue weighted by Crippen LogP contribution is 2.43. The Balaban J connectivity index is 1.94. The molecular weight excluding hydrogens is 244 g/mol.